The molecular weight excluding hydrogens is 362 g/mol. The average Bonchev–Trinajstić information content (AvgIpc) is 2.71. The molecule has 0 radical (unpaired) electrons. The number of ether oxygens (including phenoxy) is 3. The Hall–Kier alpha value is -3.35. The number of carbonyl (C=O) groups excluding carboxylic acids is 3. The van der Waals surface area contributed by atoms with E-state index in [1.165, 1.54) is 6.07 Å². The van der Waals surface area contributed by atoms with Gasteiger partial charge in [0, 0.05) is 0 Å². The van der Waals surface area contributed by atoms with Crippen molar-refractivity contribution in [3.05, 3.63) is 59.7 Å². The maximum atomic E-state index is 12.0. The summed E-state index contributed by atoms with van der Waals surface area (Å²) in [6.07, 6.45) is 0.913. The van der Waals surface area contributed by atoms with E-state index >= 15 is 0 Å². The third-order valence-electron chi connectivity index (χ3n) is 3.75. The van der Waals surface area contributed by atoms with Gasteiger partial charge in [0.1, 0.15) is 5.75 Å². The van der Waals surface area contributed by atoms with E-state index in [0.29, 0.717) is 5.75 Å². The Bertz CT molecular complexity index is 816. The number of para-hydroxylation sites is 1. The van der Waals surface area contributed by atoms with Crippen molar-refractivity contribution in [2.24, 2.45) is 0 Å². The van der Waals surface area contributed by atoms with Crippen LogP contribution in [-0.2, 0) is 25.5 Å². The van der Waals surface area contributed by atoms with Crippen molar-refractivity contribution >= 4 is 23.5 Å². The third-order valence-corrected chi connectivity index (χ3v) is 3.75. The molecule has 0 heterocycles. The number of benzene rings is 2. The fourth-order valence-electron chi connectivity index (χ4n) is 2.32. The van der Waals surface area contributed by atoms with Crippen molar-refractivity contribution in [1.29, 1.82) is 0 Å². The van der Waals surface area contributed by atoms with Crippen molar-refractivity contribution < 1.29 is 28.6 Å². The summed E-state index contributed by atoms with van der Waals surface area (Å²) >= 11 is 0. The van der Waals surface area contributed by atoms with E-state index in [4.69, 9.17) is 14.2 Å². The van der Waals surface area contributed by atoms with Crippen LogP contribution in [0.25, 0.3) is 0 Å². The summed E-state index contributed by atoms with van der Waals surface area (Å²) < 4.78 is 15.2. The molecule has 7 nitrogen and oxygen atoms in total. The average molecular weight is 385 g/mol. The van der Waals surface area contributed by atoms with Gasteiger partial charge in [0.05, 0.1) is 17.9 Å². The molecule has 0 aromatic heterocycles. The number of rotatable bonds is 9. The molecule has 1 amide bonds. The lowest BCUT2D eigenvalue weighted by Gasteiger charge is -2.11. The second-order valence-corrected chi connectivity index (χ2v) is 5.76. The SMILES string of the molecule is CCOC(=O)c1ccccc1NC(=O)COC(=O)COc1ccc(CC)cc1. The first-order valence-corrected chi connectivity index (χ1v) is 8.96. The predicted octanol–water partition coefficient (Wildman–Crippen LogP) is 2.99. The highest BCUT2D eigenvalue weighted by atomic mass is 16.6. The Kier molecular flexibility index (Phi) is 8.02. The van der Waals surface area contributed by atoms with Crippen LogP contribution >= 0.6 is 0 Å². The summed E-state index contributed by atoms with van der Waals surface area (Å²) in [5.41, 5.74) is 1.67. The molecular formula is C21H23NO6. The normalized spacial score (nSPS) is 10.1. The molecule has 2 rings (SSSR count). The highest BCUT2D eigenvalue weighted by Crippen LogP contribution is 2.16. The molecule has 148 valence electrons. The number of anilines is 1. The van der Waals surface area contributed by atoms with E-state index in [1.807, 2.05) is 19.1 Å². The number of esters is 2. The van der Waals surface area contributed by atoms with E-state index in [9.17, 15) is 14.4 Å². The minimum atomic E-state index is -0.673. The molecule has 0 atom stereocenters. The molecule has 7 heteroatoms. The number of nitrogens with one attached hydrogen (secondary N) is 1. The predicted molar refractivity (Wildman–Crippen MR) is 103 cm³/mol. The monoisotopic (exact) mass is 385 g/mol. The largest absolute Gasteiger partial charge is 0.482 e. The van der Waals surface area contributed by atoms with Crippen LogP contribution in [0, 0.1) is 0 Å². The molecule has 1 N–H and O–H groups in total. The zero-order valence-corrected chi connectivity index (χ0v) is 15.9. The third kappa shape index (κ3) is 6.42. The Morgan fingerprint density at radius 2 is 1.61 bits per heavy atom. The molecule has 0 aliphatic rings. The first-order chi connectivity index (χ1) is 13.5. The summed E-state index contributed by atoms with van der Waals surface area (Å²) in [7, 11) is 0. The molecule has 0 aliphatic carbocycles. The summed E-state index contributed by atoms with van der Waals surface area (Å²) in [4.78, 5) is 35.7. The fourth-order valence-corrected chi connectivity index (χ4v) is 2.32. The number of hydrogen-bond acceptors (Lipinski definition) is 6. The smallest absolute Gasteiger partial charge is 0.344 e. The summed E-state index contributed by atoms with van der Waals surface area (Å²) in [6.45, 7) is 3.16. The van der Waals surface area contributed by atoms with Crippen molar-refractivity contribution in [3.8, 4) is 5.75 Å². The van der Waals surface area contributed by atoms with Crippen LogP contribution < -0.4 is 10.1 Å². The van der Waals surface area contributed by atoms with Gasteiger partial charge in [-0.05, 0) is 43.2 Å². The second-order valence-electron chi connectivity index (χ2n) is 5.76. The van der Waals surface area contributed by atoms with Gasteiger partial charge in [0.2, 0.25) is 0 Å². The van der Waals surface area contributed by atoms with Gasteiger partial charge in [0.15, 0.2) is 13.2 Å². The van der Waals surface area contributed by atoms with E-state index in [1.54, 1.807) is 37.3 Å². The van der Waals surface area contributed by atoms with Crippen LogP contribution in [0.5, 0.6) is 5.75 Å². The van der Waals surface area contributed by atoms with Gasteiger partial charge in [-0.25, -0.2) is 9.59 Å². The van der Waals surface area contributed by atoms with Crippen LogP contribution in [0.2, 0.25) is 0 Å². The first kappa shape index (κ1) is 21.0. The highest BCUT2D eigenvalue weighted by molar-refractivity contribution is 6.01. The van der Waals surface area contributed by atoms with Crippen molar-refractivity contribution in [3.63, 3.8) is 0 Å². The first-order valence-electron chi connectivity index (χ1n) is 8.96. The quantitative estimate of drug-likeness (QED) is 0.668. The fraction of sp³-hybridized carbons (Fsp3) is 0.286. The van der Waals surface area contributed by atoms with Crippen LogP contribution in [0.1, 0.15) is 29.8 Å². The van der Waals surface area contributed by atoms with Gasteiger partial charge in [-0.15, -0.1) is 0 Å². The van der Waals surface area contributed by atoms with Crippen molar-refractivity contribution in [2.45, 2.75) is 20.3 Å². The van der Waals surface area contributed by atoms with Crippen molar-refractivity contribution in [2.75, 3.05) is 25.1 Å². The molecule has 0 saturated carbocycles. The molecule has 0 saturated heterocycles. The number of aryl methyl sites for hydroxylation is 1. The maximum absolute atomic E-state index is 12.0. The molecule has 28 heavy (non-hydrogen) atoms. The molecule has 2 aromatic rings. The molecule has 2 aromatic carbocycles. The highest BCUT2D eigenvalue weighted by Gasteiger charge is 2.15. The van der Waals surface area contributed by atoms with Gasteiger partial charge >= 0.3 is 11.9 Å². The van der Waals surface area contributed by atoms with E-state index in [2.05, 4.69) is 5.32 Å². The lowest BCUT2D eigenvalue weighted by molar-refractivity contribution is -0.149. The Morgan fingerprint density at radius 3 is 2.29 bits per heavy atom. The van der Waals surface area contributed by atoms with Gasteiger partial charge in [-0.1, -0.05) is 31.2 Å². The van der Waals surface area contributed by atoms with Gasteiger partial charge in [-0.3, -0.25) is 4.79 Å². The van der Waals surface area contributed by atoms with Crippen LogP contribution in [-0.4, -0.2) is 37.7 Å². The molecule has 0 aliphatic heterocycles. The summed E-state index contributed by atoms with van der Waals surface area (Å²) in [5, 5.41) is 2.53. The summed E-state index contributed by atoms with van der Waals surface area (Å²) in [6, 6.07) is 13.8. The zero-order valence-electron chi connectivity index (χ0n) is 15.9. The van der Waals surface area contributed by atoms with Crippen molar-refractivity contribution in [1.82, 2.24) is 0 Å². The number of carbonyl (C=O) groups is 3. The molecule has 0 unspecified atom stereocenters. The number of hydrogen-bond donors (Lipinski definition) is 1. The summed E-state index contributed by atoms with van der Waals surface area (Å²) in [5.74, 6) is -1.24. The Balaban J connectivity index is 1.80. The topological polar surface area (TPSA) is 90.9 Å². The lowest BCUT2D eigenvalue weighted by atomic mass is 10.2. The van der Waals surface area contributed by atoms with E-state index in [0.717, 1.165) is 12.0 Å². The van der Waals surface area contributed by atoms with Gasteiger partial charge < -0.3 is 19.5 Å². The van der Waals surface area contributed by atoms with Gasteiger partial charge in [0.25, 0.3) is 5.91 Å². The maximum Gasteiger partial charge on any atom is 0.344 e. The van der Waals surface area contributed by atoms with Crippen LogP contribution in [0.3, 0.4) is 0 Å². The van der Waals surface area contributed by atoms with E-state index < -0.39 is 24.5 Å². The molecule has 0 spiro atoms. The molecule has 0 bridgehead atoms. The van der Waals surface area contributed by atoms with Crippen LogP contribution in [0.15, 0.2) is 48.5 Å². The minimum Gasteiger partial charge on any atom is -0.482 e. The second kappa shape index (κ2) is 10.7. The number of amides is 1. The van der Waals surface area contributed by atoms with Crippen LogP contribution in [0.4, 0.5) is 5.69 Å². The minimum absolute atomic E-state index is 0.222. The van der Waals surface area contributed by atoms with E-state index in [-0.39, 0.29) is 24.5 Å². The lowest BCUT2D eigenvalue weighted by Crippen LogP contribution is -2.24. The Labute approximate surface area is 163 Å². The molecule has 0 fully saturated rings. The Morgan fingerprint density at radius 1 is 0.893 bits per heavy atom. The standard InChI is InChI=1S/C21H23NO6/c1-3-15-9-11-16(12-10-15)27-14-20(24)28-13-19(23)22-18-8-6-5-7-17(18)21(25)26-4-2/h5-12H,3-4,13-14H2,1-2H3,(H,22,23). The zero-order chi connectivity index (χ0) is 20.4. The van der Waals surface area contributed by atoms with Gasteiger partial charge in [-0.2, -0.15) is 0 Å².